The molecule has 0 saturated heterocycles. The summed E-state index contributed by atoms with van der Waals surface area (Å²) < 4.78 is 0. The van der Waals surface area contributed by atoms with Gasteiger partial charge in [0.1, 0.15) is 0 Å². The van der Waals surface area contributed by atoms with Crippen molar-refractivity contribution in [1.29, 1.82) is 0 Å². The molecule has 19 heavy (non-hydrogen) atoms. The van der Waals surface area contributed by atoms with Crippen LogP contribution in [0.1, 0.15) is 64.2 Å². The zero-order chi connectivity index (χ0) is 13.4. The van der Waals surface area contributed by atoms with E-state index >= 15 is 0 Å². The number of carboxylic acid groups (broad SMARTS) is 2. The smallest absolute Gasteiger partial charge is 0.550 e. The summed E-state index contributed by atoms with van der Waals surface area (Å²) in [5.41, 5.74) is 0. The van der Waals surface area contributed by atoms with Gasteiger partial charge in [0, 0.05) is 11.9 Å². The SMILES string of the molecule is O=C([O-])C1CCCCC1.O=C([O-])C1CCCCC1.[Fe+2]. The van der Waals surface area contributed by atoms with Gasteiger partial charge in [-0.3, -0.25) is 0 Å². The summed E-state index contributed by atoms with van der Waals surface area (Å²) >= 11 is 0. The predicted molar refractivity (Wildman–Crippen MR) is 63.2 cm³/mol. The maximum absolute atomic E-state index is 10.2. The van der Waals surface area contributed by atoms with E-state index in [1.807, 2.05) is 0 Å². The zero-order valence-electron chi connectivity index (χ0n) is 11.2. The van der Waals surface area contributed by atoms with Crippen LogP contribution < -0.4 is 10.2 Å². The minimum atomic E-state index is -0.852. The Morgan fingerprint density at radius 3 is 1.05 bits per heavy atom. The van der Waals surface area contributed by atoms with Crippen LogP contribution in [0.4, 0.5) is 0 Å². The molecular weight excluding hydrogens is 288 g/mol. The molecule has 5 heteroatoms. The van der Waals surface area contributed by atoms with Crippen LogP contribution in [0.3, 0.4) is 0 Å². The van der Waals surface area contributed by atoms with Crippen LogP contribution in [-0.2, 0) is 26.7 Å². The Hall–Kier alpha value is -0.541. The molecule has 110 valence electrons. The Kier molecular flexibility index (Phi) is 9.98. The summed E-state index contributed by atoms with van der Waals surface area (Å²) in [4.78, 5) is 20.5. The summed E-state index contributed by atoms with van der Waals surface area (Å²) in [7, 11) is 0. The van der Waals surface area contributed by atoms with Crippen molar-refractivity contribution >= 4 is 11.9 Å². The normalized spacial score (nSPS) is 20.6. The van der Waals surface area contributed by atoms with Crippen molar-refractivity contribution in [3.63, 3.8) is 0 Å². The Bertz CT molecular complexity index is 241. The first kappa shape index (κ1) is 18.5. The number of hydrogen-bond donors (Lipinski definition) is 0. The molecule has 0 aliphatic heterocycles. The van der Waals surface area contributed by atoms with Gasteiger partial charge in [0.05, 0.1) is 0 Å². The van der Waals surface area contributed by atoms with Gasteiger partial charge in [-0.15, -0.1) is 0 Å². The second-order valence-corrected chi connectivity index (χ2v) is 5.31. The van der Waals surface area contributed by atoms with Gasteiger partial charge in [0.2, 0.25) is 0 Å². The molecule has 0 unspecified atom stereocenters. The number of carbonyl (C=O) groups is 2. The predicted octanol–water partition coefficient (Wildman–Crippen LogP) is 0.631. The molecule has 2 saturated carbocycles. The van der Waals surface area contributed by atoms with E-state index in [1.165, 1.54) is 12.8 Å². The topological polar surface area (TPSA) is 80.3 Å². The maximum Gasteiger partial charge on any atom is 2.00 e. The van der Waals surface area contributed by atoms with Crippen molar-refractivity contribution in [1.82, 2.24) is 0 Å². The van der Waals surface area contributed by atoms with Gasteiger partial charge < -0.3 is 19.8 Å². The van der Waals surface area contributed by atoms with Crippen LogP contribution in [-0.4, -0.2) is 11.9 Å². The Balaban J connectivity index is 0.000000324. The van der Waals surface area contributed by atoms with Crippen LogP contribution in [0.15, 0.2) is 0 Å². The van der Waals surface area contributed by atoms with E-state index in [1.54, 1.807) is 0 Å². The molecular formula is C14H22FeO4. The first-order valence-corrected chi connectivity index (χ1v) is 7.03. The Morgan fingerprint density at radius 1 is 0.632 bits per heavy atom. The number of aliphatic carboxylic acids is 2. The van der Waals surface area contributed by atoms with Crippen molar-refractivity contribution in [3.05, 3.63) is 0 Å². The summed E-state index contributed by atoms with van der Waals surface area (Å²) in [6.45, 7) is 0. The van der Waals surface area contributed by atoms with Gasteiger partial charge in [-0.05, 0) is 37.5 Å². The molecule has 2 aliphatic carbocycles. The maximum atomic E-state index is 10.2. The molecule has 0 aromatic heterocycles. The fourth-order valence-electron chi connectivity index (χ4n) is 2.68. The molecule has 0 atom stereocenters. The number of carboxylic acids is 2. The summed E-state index contributed by atoms with van der Waals surface area (Å²) in [6.07, 6.45) is 10.0. The third-order valence-corrected chi connectivity index (χ3v) is 3.88. The second kappa shape index (κ2) is 10.3. The van der Waals surface area contributed by atoms with Crippen molar-refractivity contribution < 1.29 is 36.9 Å². The van der Waals surface area contributed by atoms with Gasteiger partial charge in [-0.25, -0.2) is 0 Å². The van der Waals surface area contributed by atoms with Gasteiger partial charge in [-0.2, -0.15) is 0 Å². The van der Waals surface area contributed by atoms with Gasteiger partial charge >= 0.3 is 17.1 Å². The molecule has 0 aromatic carbocycles. The Labute approximate surface area is 125 Å². The molecule has 0 heterocycles. The Morgan fingerprint density at radius 2 is 0.895 bits per heavy atom. The first-order valence-electron chi connectivity index (χ1n) is 7.03. The molecule has 0 N–H and O–H groups in total. The van der Waals surface area contributed by atoms with E-state index in [0.29, 0.717) is 0 Å². The van der Waals surface area contributed by atoms with E-state index in [9.17, 15) is 19.8 Å². The van der Waals surface area contributed by atoms with E-state index in [4.69, 9.17) is 0 Å². The fourth-order valence-corrected chi connectivity index (χ4v) is 2.68. The van der Waals surface area contributed by atoms with Crippen LogP contribution in [0.25, 0.3) is 0 Å². The molecule has 0 amide bonds. The first-order chi connectivity index (χ1) is 8.61. The van der Waals surface area contributed by atoms with Crippen molar-refractivity contribution in [2.24, 2.45) is 11.8 Å². The molecule has 0 bridgehead atoms. The van der Waals surface area contributed by atoms with Crippen molar-refractivity contribution in [2.45, 2.75) is 64.2 Å². The number of carbonyl (C=O) groups excluding carboxylic acids is 2. The van der Waals surface area contributed by atoms with Crippen LogP contribution >= 0.6 is 0 Å². The summed E-state index contributed by atoms with van der Waals surface area (Å²) in [6, 6.07) is 0. The molecule has 0 radical (unpaired) electrons. The molecule has 0 spiro atoms. The molecule has 2 fully saturated rings. The van der Waals surface area contributed by atoms with Gasteiger partial charge in [0.25, 0.3) is 0 Å². The van der Waals surface area contributed by atoms with Crippen LogP contribution in [0.5, 0.6) is 0 Å². The van der Waals surface area contributed by atoms with Gasteiger partial charge in [0.15, 0.2) is 0 Å². The zero-order valence-corrected chi connectivity index (χ0v) is 12.3. The average Bonchev–Trinajstić information content (AvgIpc) is 2.41. The summed E-state index contributed by atoms with van der Waals surface area (Å²) in [5.74, 6) is -1.98. The van der Waals surface area contributed by atoms with Gasteiger partial charge in [-0.1, -0.05) is 38.5 Å². The minimum absolute atomic E-state index is 0. The molecule has 4 nitrogen and oxygen atoms in total. The fraction of sp³-hybridized carbons (Fsp3) is 0.857. The largest absolute Gasteiger partial charge is 2.00 e. The second-order valence-electron chi connectivity index (χ2n) is 5.31. The third-order valence-electron chi connectivity index (χ3n) is 3.88. The number of rotatable bonds is 2. The molecule has 0 aromatic rings. The average molecular weight is 310 g/mol. The third kappa shape index (κ3) is 7.58. The van der Waals surface area contributed by atoms with Crippen LogP contribution in [0, 0.1) is 11.8 Å². The molecule has 2 rings (SSSR count). The van der Waals surface area contributed by atoms with Crippen molar-refractivity contribution in [2.75, 3.05) is 0 Å². The number of hydrogen-bond acceptors (Lipinski definition) is 4. The quantitative estimate of drug-likeness (QED) is 0.701. The monoisotopic (exact) mass is 310 g/mol. The van der Waals surface area contributed by atoms with E-state index < -0.39 is 11.9 Å². The van der Waals surface area contributed by atoms with Crippen LogP contribution in [0.2, 0.25) is 0 Å². The van der Waals surface area contributed by atoms with E-state index in [2.05, 4.69) is 0 Å². The van der Waals surface area contributed by atoms with E-state index in [-0.39, 0.29) is 28.9 Å². The minimum Gasteiger partial charge on any atom is -0.550 e. The summed E-state index contributed by atoms with van der Waals surface area (Å²) in [5, 5.41) is 20.5. The van der Waals surface area contributed by atoms with E-state index in [0.717, 1.165) is 51.4 Å². The molecule has 2 aliphatic rings. The standard InChI is InChI=1S/2C7H12O2.Fe/c2*8-7(9)6-4-2-1-3-5-6;/h2*6H,1-5H2,(H,8,9);/q;;+2/p-2. The van der Waals surface area contributed by atoms with Crippen molar-refractivity contribution in [3.8, 4) is 0 Å².